The van der Waals surface area contributed by atoms with E-state index in [0.717, 1.165) is 22.4 Å². The zero-order valence-electron chi connectivity index (χ0n) is 24.1. The summed E-state index contributed by atoms with van der Waals surface area (Å²) >= 11 is -1.89. The normalized spacial score (nSPS) is 19.9. The Hall–Kier alpha value is -0.257. The summed E-state index contributed by atoms with van der Waals surface area (Å²) in [6.07, 6.45) is 23.7. The average Bonchev–Trinajstić information content (AvgIpc) is 2.96. The summed E-state index contributed by atoms with van der Waals surface area (Å²) in [4.78, 5) is 0. The predicted molar refractivity (Wildman–Crippen MR) is 172 cm³/mol. The molecule has 0 saturated heterocycles. The monoisotopic (exact) mass is 676 g/mol. The molecule has 3 fully saturated rings. The quantitative estimate of drug-likeness (QED) is 0.210. The van der Waals surface area contributed by atoms with E-state index in [-0.39, 0.29) is 6.10 Å². The van der Waals surface area contributed by atoms with Gasteiger partial charge in [0.25, 0.3) is 0 Å². The van der Waals surface area contributed by atoms with Gasteiger partial charge in [0.1, 0.15) is 0 Å². The molecule has 0 bridgehead atoms. The van der Waals surface area contributed by atoms with Gasteiger partial charge in [-0.05, 0) is 55.5 Å². The molecule has 39 heavy (non-hydrogen) atoms. The van der Waals surface area contributed by atoms with E-state index >= 15 is 0 Å². The van der Waals surface area contributed by atoms with Crippen molar-refractivity contribution in [3.8, 4) is 16.9 Å². The molecular weight excluding hydrogens is 627 g/mol. The molecule has 0 atom stereocenters. The molecule has 0 aliphatic heterocycles. The first-order valence-corrected chi connectivity index (χ1v) is 22.5. The molecule has 1 nitrogen and oxygen atoms in total. The van der Waals surface area contributed by atoms with E-state index in [1.165, 1.54) is 36.2 Å². The fraction of sp³-hybridized carbons (Fsp3) is 0.618. The molecule has 0 unspecified atom stereocenters. The van der Waals surface area contributed by atoms with Crippen molar-refractivity contribution in [2.75, 3.05) is 0 Å². The first-order valence-electron chi connectivity index (χ1n) is 15.5. The second-order valence-corrected chi connectivity index (χ2v) is 20.7. The van der Waals surface area contributed by atoms with Gasteiger partial charge < -0.3 is 0 Å². The summed E-state index contributed by atoms with van der Waals surface area (Å²) in [5.41, 5.74) is 6.74. The van der Waals surface area contributed by atoms with E-state index in [0.29, 0.717) is 7.92 Å². The molecule has 3 saturated carbocycles. The standard InChI is InChI=1S/C18H33P.C16H16O.2ClH.Ru/c1-4-10-16(11-5-1)19(17-12-6-2-7-13-17)18-14-8-3-9-15-18;1-12(2)17-16-13(3)8-7-11-15(16)14-9-5-4-6-10-14;;;/h16-18H,1-15H2;3-12H,1-2H3;2*1H;/q;;;;+2/p-2. The fourth-order valence-electron chi connectivity index (χ4n) is 6.96. The van der Waals surface area contributed by atoms with Crippen LogP contribution >= 0.6 is 27.3 Å². The number of ether oxygens (including phenoxy) is 1. The number of benzene rings is 2. The van der Waals surface area contributed by atoms with Crippen LogP contribution in [0.2, 0.25) is 0 Å². The maximum absolute atomic E-state index is 6.02. The van der Waals surface area contributed by atoms with Gasteiger partial charge in [0.15, 0.2) is 0 Å². The third-order valence-electron chi connectivity index (χ3n) is 8.66. The van der Waals surface area contributed by atoms with Crippen LogP contribution in [0.3, 0.4) is 0 Å². The van der Waals surface area contributed by atoms with E-state index in [9.17, 15) is 0 Å². The summed E-state index contributed by atoms with van der Waals surface area (Å²) in [6, 6.07) is 16.2. The van der Waals surface area contributed by atoms with Crippen LogP contribution in [0.15, 0.2) is 48.5 Å². The van der Waals surface area contributed by atoms with E-state index < -0.39 is 13.5 Å². The van der Waals surface area contributed by atoms with Gasteiger partial charge >= 0.3 is 133 Å². The third kappa shape index (κ3) is 9.91. The number of para-hydroxylation sites is 1. The Balaban J connectivity index is 0.000000181. The predicted octanol–water partition coefficient (Wildman–Crippen LogP) is 11.7. The Bertz CT molecular complexity index is 962. The zero-order chi connectivity index (χ0) is 27.5. The molecule has 0 N–H and O–H groups in total. The minimum absolute atomic E-state index is 0.0957. The van der Waals surface area contributed by atoms with Crippen LogP contribution in [0.25, 0.3) is 11.1 Å². The van der Waals surface area contributed by atoms with Crippen LogP contribution in [0.1, 0.15) is 116 Å². The molecule has 0 radical (unpaired) electrons. The van der Waals surface area contributed by atoms with Crippen LogP contribution in [0.4, 0.5) is 0 Å². The van der Waals surface area contributed by atoms with E-state index in [4.69, 9.17) is 24.1 Å². The number of rotatable bonds is 7. The van der Waals surface area contributed by atoms with Crippen molar-refractivity contribution in [1.29, 1.82) is 0 Å². The molecular formula is C34H49Cl2OPRu. The summed E-state index contributed by atoms with van der Waals surface area (Å²) in [5, 5.41) is 0. The Morgan fingerprint density at radius 3 is 1.62 bits per heavy atom. The van der Waals surface area contributed by atoms with Crippen molar-refractivity contribution in [2.24, 2.45) is 0 Å². The van der Waals surface area contributed by atoms with Gasteiger partial charge in [-0.3, -0.25) is 0 Å². The van der Waals surface area contributed by atoms with Gasteiger partial charge in [0, 0.05) is 0 Å². The van der Waals surface area contributed by atoms with Gasteiger partial charge in [-0.25, -0.2) is 0 Å². The molecule has 3 aliphatic carbocycles. The first kappa shape index (κ1) is 31.7. The van der Waals surface area contributed by atoms with Crippen molar-refractivity contribution in [3.05, 3.63) is 54.1 Å². The third-order valence-corrected chi connectivity index (χ3v) is 14.6. The number of halogens is 2. The van der Waals surface area contributed by atoms with Crippen molar-refractivity contribution in [1.82, 2.24) is 0 Å². The van der Waals surface area contributed by atoms with E-state index in [2.05, 4.69) is 18.2 Å². The van der Waals surface area contributed by atoms with E-state index in [1.54, 1.807) is 77.0 Å². The Morgan fingerprint density at radius 1 is 0.692 bits per heavy atom. The number of hydrogen-bond acceptors (Lipinski definition) is 1. The molecule has 0 spiro atoms. The van der Waals surface area contributed by atoms with Crippen LogP contribution < -0.4 is 4.74 Å². The maximum atomic E-state index is 6.02. The Labute approximate surface area is 253 Å². The minimum atomic E-state index is -1.89. The fourth-order valence-corrected chi connectivity index (χ4v) is 13.4. The topological polar surface area (TPSA) is 9.23 Å². The van der Waals surface area contributed by atoms with Gasteiger partial charge in [-0.15, -0.1) is 0 Å². The molecule has 2 aromatic carbocycles. The van der Waals surface area contributed by atoms with Crippen LogP contribution in [-0.4, -0.2) is 27.7 Å². The second-order valence-electron chi connectivity index (χ2n) is 11.9. The summed E-state index contributed by atoms with van der Waals surface area (Å²) < 4.78 is 7.93. The van der Waals surface area contributed by atoms with Gasteiger partial charge in [-0.1, -0.05) is 65.7 Å². The first-order chi connectivity index (χ1) is 19.0. The summed E-state index contributed by atoms with van der Waals surface area (Å²) in [7, 11) is 12.4. The molecule has 0 aromatic heterocycles. The molecule has 0 heterocycles. The molecule has 218 valence electrons. The van der Waals surface area contributed by atoms with Crippen molar-refractivity contribution >= 4 is 31.9 Å². The van der Waals surface area contributed by atoms with E-state index in [1.807, 2.05) is 48.8 Å². The summed E-state index contributed by atoms with van der Waals surface area (Å²) in [5.74, 6) is 0.855. The molecule has 5 heteroatoms. The molecule has 3 aliphatic rings. The molecule has 2 aromatic rings. The Kier molecular flexibility index (Phi) is 13.8. The Morgan fingerprint density at radius 2 is 1.18 bits per heavy atom. The SMILES string of the molecule is C1CCC(P(C2CCCCC2)C2CCCCC2)CC1.CC(C)Oc1c([CH]=[Ru]([Cl])[Cl])cccc1-c1ccccc1. The van der Waals surface area contributed by atoms with Gasteiger partial charge in [0.2, 0.25) is 0 Å². The van der Waals surface area contributed by atoms with Crippen molar-refractivity contribution in [3.63, 3.8) is 0 Å². The second kappa shape index (κ2) is 17.0. The van der Waals surface area contributed by atoms with Crippen LogP contribution in [0, 0.1) is 0 Å². The average molecular weight is 677 g/mol. The number of hydrogen-bond donors (Lipinski definition) is 0. The van der Waals surface area contributed by atoms with Gasteiger partial charge in [0.05, 0.1) is 0 Å². The van der Waals surface area contributed by atoms with Crippen LogP contribution in [-0.2, 0) is 13.5 Å². The molecule has 5 rings (SSSR count). The zero-order valence-corrected chi connectivity index (χ0v) is 28.2. The van der Waals surface area contributed by atoms with Crippen molar-refractivity contribution in [2.45, 2.75) is 133 Å². The molecule has 0 amide bonds. The van der Waals surface area contributed by atoms with Crippen molar-refractivity contribution < 1.29 is 18.3 Å². The van der Waals surface area contributed by atoms with Crippen LogP contribution in [0.5, 0.6) is 5.75 Å². The van der Waals surface area contributed by atoms with Gasteiger partial charge in [-0.2, -0.15) is 0 Å². The summed E-state index contributed by atoms with van der Waals surface area (Å²) in [6.45, 7) is 4.03.